The van der Waals surface area contributed by atoms with E-state index in [1.54, 1.807) is 7.11 Å². The summed E-state index contributed by atoms with van der Waals surface area (Å²) in [5.74, 6) is 1.28. The van der Waals surface area contributed by atoms with Gasteiger partial charge in [0.1, 0.15) is 5.75 Å². The summed E-state index contributed by atoms with van der Waals surface area (Å²) >= 11 is 0. The number of piperazine rings is 1. The van der Waals surface area contributed by atoms with E-state index in [0.29, 0.717) is 6.54 Å². The number of nitrogens with zero attached hydrogens (tertiary/aromatic N) is 3. The fourth-order valence-corrected chi connectivity index (χ4v) is 3.64. The highest BCUT2D eigenvalue weighted by Gasteiger charge is 2.22. The maximum Gasteiger partial charge on any atom is 0.236 e. The molecule has 0 unspecified atom stereocenters. The van der Waals surface area contributed by atoms with Crippen LogP contribution in [0.1, 0.15) is 17.5 Å². The second kappa shape index (κ2) is 9.35. The molecule has 0 saturated carbocycles. The Morgan fingerprint density at radius 3 is 2.85 bits per heavy atom. The van der Waals surface area contributed by atoms with E-state index in [-0.39, 0.29) is 5.91 Å². The molecule has 0 aromatic heterocycles. The van der Waals surface area contributed by atoms with Gasteiger partial charge in [0, 0.05) is 59.4 Å². The van der Waals surface area contributed by atoms with Gasteiger partial charge in [-0.15, -0.1) is 0 Å². The Bertz CT molecular complexity index is 600. The van der Waals surface area contributed by atoms with Gasteiger partial charge in [-0.25, -0.2) is 0 Å². The van der Waals surface area contributed by atoms with Crippen molar-refractivity contribution in [3.8, 4) is 5.75 Å². The van der Waals surface area contributed by atoms with Gasteiger partial charge in [-0.1, -0.05) is 12.1 Å². The Hall–Kier alpha value is -1.63. The van der Waals surface area contributed by atoms with Gasteiger partial charge in [0.05, 0.1) is 13.2 Å². The Labute approximate surface area is 156 Å². The first kappa shape index (κ1) is 19.1. The molecular weight excluding hydrogens is 330 g/mol. The van der Waals surface area contributed by atoms with E-state index < -0.39 is 0 Å². The second-order valence-electron chi connectivity index (χ2n) is 7.28. The van der Waals surface area contributed by atoms with Crippen LogP contribution in [0.4, 0.5) is 0 Å². The molecule has 144 valence electrons. The van der Waals surface area contributed by atoms with Crippen LogP contribution in [0, 0.1) is 0 Å². The number of carbonyl (C=O) groups excluding carboxylic acids is 1. The highest BCUT2D eigenvalue weighted by molar-refractivity contribution is 5.78. The summed E-state index contributed by atoms with van der Waals surface area (Å²) in [5.41, 5.74) is 2.67. The molecule has 2 heterocycles. The van der Waals surface area contributed by atoms with E-state index in [1.807, 2.05) is 11.9 Å². The minimum atomic E-state index is 0.235. The average Bonchev–Trinajstić information content (AvgIpc) is 3.10. The summed E-state index contributed by atoms with van der Waals surface area (Å²) < 4.78 is 10.6. The zero-order valence-corrected chi connectivity index (χ0v) is 16.1. The van der Waals surface area contributed by atoms with Gasteiger partial charge < -0.3 is 14.4 Å². The standard InChI is InChI=1S/C20H31N3O3/c1-21(7-3-12-25-2)16-20(24)23-10-8-22(9-11-23)15-17-4-5-19-18(14-17)6-13-26-19/h4-5,14H,3,6-13,15-16H2,1-2H3. The van der Waals surface area contributed by atoms with Gasteiger partial charge in [-0.3, -0.25) is 14.6 Å². The van der Waals surface area contributed by atoms with E-state index in [2.05, 4.69) is 28.0 Å². The van der Waals surface area contributed by atoms with Crippen LogP contribution in [0.25, 0.3) is 0 Å². The summed E-state index contributed by atoms with van der Waals surface area (Å²) in [5, 5.41) is 0. The van der Waals surface area contributed by atoms with Gasteiger partial charge in [0.25, 0.3) is 0 Å². The number of fused-ring (bicyclic) bond motifs is 1. The van der Waals surface area contributed by atoms with Crippen molar-refractivity contribution in [3.05, 3.63) is 29.3 Å². The molecule has 0 bridgehead atoms. The number of ether oxygens (including phenoxy) is 2. The van der Waals surface area contributed by atoms with Crippen LogP contribution in [-0.4, -0.2) is 87.2 Å². The van der Waals surface area contributed by atoms with E-state index in [0.717, 1.165) is 71.1 Å². The highest BCUT2D eigenvalue weighted by atomic mass is 16.5. The summed E-state index contributed by atoms with van der Waals surface area (Å²) in [6, 6.07) is 6.53. The number of benzene rings is 1. The van der Waals surface area contributed by atoms with Gasteiger partial charge in [-0.2, -0.15) is 0 Å². The van der Waals surface area contributed by atoms with Gasteiger partial charge in [-0.05, 0) is 30.7 Å². The van der Waals surface area contributed by atoms with Crippen molar-refractivity contribution in [2.75, 3.05) is 66.6 Å². The zero-order valence-electron chi connectivity index (χ0n) is 16.1. The number of methoxy groups -OCH3 is 1. The van der Waals surface area contributed by atoms with Gasteiger partial charge in [0.15, 0.2) is 0 Å². The number of amides is 1. The highest BCUT2D eigenvalue weighted by Crippen LogP contribution is 2.26. The Kier molecular flexibility index (Phi) is 6.88. The summed E-state index contributed by atoms with van der Waals surface area (Å²) in [6.07, 6.45) is 1.98. The monoisotopic (exact) mass is 361 g/mol. The molecule has 1 aromatic carbocycles. The molecule has 1 fully saturated rings. The van der Waals surface area contributed by atoms with Crippen molar-refractivity contribution in [3.63, 3.8) is 0 Å². The molecule has 3 rings (SSSR count). The molecule has 2 aliphatic heterocycles. The lowest BCUT2D eigenvalue weighted by Gasteiger charge is -2.35. The van der Waals surface area contributed by atoms with Crippen molar-refractivity contribution in [1.82, 2.24) is 14.7 Å². The minimum Gasteiger partial charge on any atom is -0.493 e. The molecule has 0 atom stereocenters. The van der Waals surface area contributed by atoms with E-state index in [4.69, 9.17) is 9.47 Å². The lowest BCUT2D eigenvalue weighted by Crippen LogP contribution is -2.50. The molecule has 0 N–H and O–H groups in total. The Balaban J connectivity index is 1.40. The van der Waals surface area contributed by atoms with Crippen LogP contribution in [-0.2, 0) is 22.5 Å². The van der Waals surface area contributed by atoms with Crippen LogP contribution in [0.5, 0.6) is 5.75 Å². The molecule has 6 nitrogen and oxygen atoms in total. The first-order chi connectivity index (χ1) is 12.7. The summed E-state index contributed by atoms with van der Waals surface area (Å²) in [4.78, 5) is 19.0. The quantitative estimate of drug-likeness (QED) is 0.652. The molecule has 0 spiro atoms. The Morgan fingerprint density at radius 2 is 2.08 bits per heavy atom. The van der Waals surface area contributed by atoms with Crippen molar-refractivity contribution >= 4 is 5.91 Å². The third-order valence-electron chi connectivity index (χ3n) is 5.18. The zero-order chi connectivity index (χ0) is 18.4. The van der Waals surface area contributed by atoms with Gasteiger partial charge in [0.2, 0.25) is 5.91 Å². The molecule has 1 amide bonds. The molecule has 26 heavy (non-hydrogen) atoms. The molecule has 2 aliphatic rings. The first-order valence-electron chi connectivity index (χ1n) is 9.58. The third kappa shape index (κ3) is 5.19. The average molecular weight is 361 g/mol. The largest absolute Gasteiger partial charge is 0.493 e. The van der Waals surface area contributed by atoms with Crippen molar-refractivity contribution in [1.29, 1.82) is 0 Å². The van der Waals surface area contributed by atoms with Crippen LogP contribution in [0.3, 0.4) is 0 Å². The van der Waals surface area contributed by atoms with Crippen LogP contribution in [0.2, 0.25) is 0 Å². The maximum atomic E-state index is 12.5. The SMILES string of the molecule is COCCCN(C)CC(=O)N1CCN(Cc2ccc3c(c2)CCO3)CC1. The molecule has 1 aromatic rings. The smallest absolute Gasteiger partial charge is 0.236 e. The molecule has 1 saturated heterocycles. The number of likely N-dealkylation sites (N-methyl/N-ethyl adjacent to an activating group) is 1. The maximum absolute atomic E-state index is 12.5. The third-order valence-corrected chi connectivity index (χ3v) is 5.18. The van der Waals surface area contributed by atoms with Crippen molar-refractivity contribution < 1.29 is 14.3 Å². The number of rotatable bonds is 8. The van der Waals surface area contributed by atoms with E-state index >= 15 is 0 Å². The lowest BCUT2D eigenvalue weighted by molar-refractivity contribution is -0.134. The predicted molar refractivity (Wildman–Crippen MR) is 101 cm³/mol. The van der Waals surface area contributed by atoms with Crippen molar-refractivity contribution in [2.45, 2.75) is 19.4 Å². The van der Waals surface area contributed by atoms with E-state index in [9.17, 15) is 4.79 Å². The molecule has 0 aliphatic carbocycles. The van der Waals surface area contributed by atoms with E-state index in [1.165, 1.54) is 11.1 Å². The fourth-order valence-electron chi connectivity index (χ4n) is 3.64. The molecule has 0 radical (unpaired) electrons. The first-order valence-corrected chi connectivity index (χ1v) is 9.58. The summed E-state index contributed by atoms with van der Waals surface area (Å²) in [6.45, 7) is 7.39. The fraction of sp³-hybridized carbons (Fsp3) is 0.650. The Morgan fingerprint density at radius 1 is 1.27 bits per heavy atom. The predicted octanol–water partition coefficient (Wildman–Crippen LogP) is 1.23. The minimum absolute atomic E-state index is 0.235. The van der Waals surface area contributed by atoms with Crippen molar-refractivity contribution in [2.24, 2.45) is 0 Å². The molecule has 6 heteroatoms. The number of hydrogen-bond acceptors (Lipinski definition) is 5. The second-order valence-corrected chi connectivity index (χ2v) is 7.28. The van der Waals surface area contributed by atoms with Crippen LogP contribution in [0.15, 0.2) is 18.2 Å². The van der Waals surface area contributed by atoms with Crippen LogP contribution < -0.4 is 4.74 Å². The topological polar surface area (TPSA) is 45.2 Å². The lowest BCUT2D eigenvalue weighted by atomic mass is 10.1. The molecular formula is C20H31N3O3. The number of hydrogen-bond donors (Lipinski definition) is 0. The van der Waals surface area contributed by atoms with Crippen LogP contribution >= 0.6 is 0 Å². The number of carbonyl (C=O) groups is 1. The van der Waals surface area contributed by atoms with Gasteiger partial charge >= 0.3 is 0 Å². The normalized spacial score (nSPS) is 17.4. The summed E-state index contributed by atoms with van der Waals surface area (Å²) in [7, 11) is 3.71.